The molecule has 4 nitrogen and oxygen atoms in total. The number of nitrogens with one attached hydrogen (secondary N) is 1. The van der Waals surface area contributed by atoms with Gasteiger partial charge in [-0.05, 0) is 6.42 Å². The Hall–Kier alpha value is -0.610. The van der Waals surface area contributed by atoms with Crippen molar-refractivity contribution >= 4 is 5.97 Å². The second kappa shape index (κ2) is 3.69. The molecule has 0 aromatic rings. The van der Waals surface area contributed by atoms with Crippen molar-refractivity contribution in [3.63, 3.8) is 0 Å². The summed E-state index contributed by atoms with van der Waals surface area (Å²) in [6.07, 6.45) is 0.104. The molecule has 1 aliphatic rings. The first-order valence-electron chi connectivity index (χ1n) is 3.70. The molecular weight excluding hydrogens is 146 g/mol. The molecule has 1 heterocycles. The van der Waals surface area contributed by atoms with Crippen molar-refractivity contribution in [2.45, 2.75) is 12.5 Å². The summed E-state index contributed by atoms with van der Waals surface area (Å²) in [6.45, 7) is 1.19. The summed E-state index contributed by atoms with van der Waals surface area (Å²) < 4.78 is 4.55. The van der Waals surface area contributed by atoms with E-state index in [1.807, 2.05) is 0 Å². The highest BCUT2D eigenvalue weighted by Gasteiger charge is 2.26. The van der Waals surface area contributed by atoms with Gasteiger partial charge in [0.25, 0.3) is 0 Å². The summed E-state index contributed by atoms with van der Waals surface area (Å²) in [5, 5.41) is 12.1. The van der Waals surface area contributed by atoms with Crippen LogP contribution in [0.3, 0.4) is 0 Å². The number of aliphatic hydroxyl groups excluding tert-OH is 1. The van der Waals surface area contributed by atoms with Crippen molar-refractivity contribution < 1.29 is 14.6 Å². The van der Waals surface area contributed by atoms with Gasteiger partial charge in [-0.1, -0.05) is 0 Å². The van der Waals surface area contributed by atoms with E-state index in [4.69, 9.17) is 5.11 Å². The van der Waals surface area contributed by atoms with E-state index in [2.05, 4.69) is 10.1 Å². The number of methoxy groups -OCH3 is 1. The Morgan fingerprint density at radius 2 is 2.36 bits per heavy atom. The minimum Gasteiger partial charge on any atom is -0.469 e. The number of carbonyl (C=O) groups excluding carboxylic acids is 1. The van der Waals surface area contributed by atoms with Crippen LogP contribution >= 0.6 is 0 Å². The van der Waals surface area contributed by atoms with E-state index in [-0.39, 0.29) is 11.9 Å². The molecule has 0 spiro atoms. The fraction of sp³-hybridized carbons (Fsp3) is 0.857. The molecule has 64 valence electrons. The van der Waals surface area contributed by atoms with Crippen LogP contribution in [-0.4, -0.2) is 37.4 Å². The Balaban J connectivity index is 2.39. The van der Waals surface area contributed by atoms with E-state index in [9.17, 15) is 4.79 Å². The molecule has 4 heteroatoms. The van der Waals surface area contributed by atoms with Crippen molar-refractivity contribution in [2.24, 2.45) is 5.92 Å². The van der Waals surface area contributed by atoms with Crippen LogP contribution in [0, 0.1) is 5.92 Å². The molecule has 0 radical (unpaired) electrons. The van der Waals surface area contributed by atoms with Gasteiger partial charge in [-0.3, -0.25) is 4.79 Å². The minimum absolute atomic E-state index is 0.177. The highest BCUT2D eigenvalue weighted by Crippen LogP contribution is 2.11. The van der Waals surface area contributed by atoms with Gasteiger partial charge >= 0.3 is 5.97 Å². The Morgan fingerprint density at radius 3 is 2.91 bits per heavy atom. The van der Waals surface area contributed by atoms with Crippen LogP contribution in [0.1, 0.15) is 6.42 Å². The number of carbonyl (C=O) groups is 1. The monoisotopic (exact) mass is 159 g/mol. The molecule has 0 bridgehead atoms. The number of aliphatic hydroxyl groups is 1. The molecule has 2 N–H and O–H groups in total. The lowest BCUT2D eigenvalue weighted by Crippen LogP contribution is -2.42. The molecule has 1 rings (SSSR count). The first-order valence-corrected chi connectivity index (χ1v) is 3.70. The third kappa shape index (κ3) is 2.17. The average Bonchev–Trinajstić information content (AvgIpc) is 2.03. The van der Waals surface area contributed by atoms with Crippen LogP contribution < -0.4 is 5.32 Å². The zero-order valence-electron chi connectivity index (χ0n) is 6.54. The van der Waals surface area contributed by atoms with Gasteiger partial charge in [-0.25, -0.2) is 0 Å². The van der Waals surface area contributed by atoms with E-state index in [0.717, 1.165) is 0 Å². The first kappa shape index (κ1) is 8.49. The standard InChI is InChI=1S/C7H13NO3/c1-11-7(10)5-2-6(9)4-8-3-5/h5-6,8-9H,2-4H2,1H3/t5-,6-/m0/s1. The maximum Gasteiger partial charge on any atom is 0.310 e. The SMILES string of the molecule is COC(=O)[C@@H]1CNC[C@@H](O)C1. The van der Waals surface area contributed by atoms with Gasteiger partial charge in [0.05, 0.1) is 19.1 Å². The second-order valence-electron chi connectivity index (χ2n) is 2.77. The van der Waals surface area contributed by atoms with E-state index >= 15 is 0 Å². The lowest BCUT2D eigenvalue weighted by atomic mass is 9.98. The van der Waals surface area contributed by atoms with Crippen molar-refractivity contribution in [3.05, 3.63) is 0 Å². The number of β-amino-alcohol motifs (C(OH)–C–C–N with tert-alkyl or cyclic N) is 1. The molecule has 2 atom stereocenters. The number of rotatable bonds is 1. The Morgan fingerprint density at radius 1 is 1.64 bits per heavy atom. The van der Waals surface area contributed by atoms with Gasteiger partial charge in [0.1, 0.15) is 0 Å². The van der Waals surface area contributed by atoms with Crippen LogP contribution in [-0.2, 0) is 9.53 Å². The quantitative estimate of drug-likeness (QED) is 0.488. The number of hydrogen-bond donors (Lipinski definition) is 2. The van der Waals surface area contributed by atoms with Crippen LogP contribution in [0.4, 0.5) is 0 Å². The van der Waals surface area contributed by atoms with Crippen molar-refractivity contribution in [1.29, 1.82) is 0 Å². The van der Waals surface area contributed by atoms with Gasteiger partial charge in [-0.2, -0.15) is 0 Å². The van der Waals surface area contributed by atoms with Gasteiger partial charge < -0.3 is 15.2 Å². The number of piperidine rings is 1. The molecule has 0 amide bonds. The van der Waals surface area contributed by atoms with Crippen LogP contribution in [0.2, 0.25) is 0 Å². The van der Waals surface area contributed by atoms with E-state index in [1.54, 1.807) is 0 Å². The smallest absolute Gasteiger partial charge is 0.310 e. The average molecular weight is 159 g/mol. The number of ether oxygens (including phenoxy) is 1. The molecule has 0 unspecified atom stereocenters. The van der Waals surface area contributed by atoms with Crippen molar-refractivity contribution in [3.8, 4) is 0 Å². The number of esters is 1. The van der Waals surface area contributed by atoms with E-state index < -0.39 is 6.10 Å². The van der Waals surface area contributed by atoms with Gasteiger partial charge in [-0.15, -0.1) is 0 Å². The van der Waals surface area contributed by atoms with E-state index in [1.165, 1.54) is 7.11 Å². The third-order valence-electron chi connectivity index (χ3n) is 1.86. The van der Waals surface area contributed by atoms with Crippen LogP contribution in [0.25, 0.3) is 0 Å². The number of hydrogen-bond acceptors (Lipinski definition) is 4. The molecule has 1 saturated heterocycles. The minimum atomic E-state index is -0.409. The van der Waals surface area contributed by atoms with Gasteiger partial charge in [0.15, 0.2) is 0 Å². The maximum absolute atomic E-state index is 10.9. The predicted octanol–water partition coefficient (Wildman–Crippen LogP) is -0.870. The normalized spacial score (nSPS) is 31.5. The molecule has 0 aromatic heterocycles. The van der Waals surface area contributed by atoms with Crippen LogP contribution in [0.5, 0.6) is 0 Å². The zero-order chi connectivity index (χ0) is 8.27. The van der Waals surface area contributed by atoms with Crippen molar-refractivity contribution in [1.82, 2.24) is 5.32 Å². The predicted molar refractivity (Wildman–Crippen MR) is 39.0 cm³/mol. The lowest BCUT2D eigenvalue weighted by molar-refractivity contribution is -0.147. The fourth-order valence-corrected chi connectivity index (χ4v) is 1.27. The highest BCUT2D eigenvalue weighted by atomic mass is 16.5. The van der Waals surface area contributed by atoms with Gasteiger partial charge in [0.2, 0.25) is 0 Å². The summed E-state index contributed by atoms with van der Waals surface area (Å²) in [6, 6.07) is 0. The molecule has 1 aliphatic heterocycles. The fourth-order valence-electron chi connectivity index (χ4n) is 1.27. The molecule has 1 fully saturated rings. The Labute approximate surface area is 65.5 Å². The first-order chi connectivity index (χ1) is 5.24. The summed E-state index contributed by atoms with van der Waals surface area (Å²) in [7, 11) is 1.36. The zero-order valence-corrected chi connectivity index (χ0v) is 6.54. The molecule has 0 saturated carbocycles. The summed E-state index contributed by atoms with van der Waals surface area (Å²) in [5.74, 6) is -0.417. The molecule has 0 aromatic carbocycles. The third-order valence-corrected chi connectivity index (χ3v) is 1.86. The molecule has 11 heavy (non-hydrogen) atoms. The topological polar surface area (TPSA) is 58.6 Å². The molecular formula is C7H13NO3. The maximum atomic E-state index is 10.9. The lowest BCUT2D eigenvalue weighted by Gasteiger charge is -2.24. The van der Waals surface area contributed by atoms with Gasteiger partial charge in [0, 0.05) is 13.1 Å². The van der Waals surface area contributed by atoms with E-state index in [0.29, 0.717) is 19.5 Å². The largest absolute Gasteiger partial charge is 0.469 e. The highest BCUT2D eigenvalue weighted by molar-refractivity contribution is 5.72. The Bertz CT molecular complexity index is 149. The van der Waals surface area contributed by atoms with Crippen molar-refractivity contribution in [2.75, 3.05) is 20.2 Å². The van der Waals surface area contributed by atoms with Crippen LogP contribution in [0.15, 0.2) is 0 Å². The second-order valence-corrected chi connectivity index (χ2v) is 2.77. The summed E-state index contributed by atoms with van der Waals surface area (Å²) in [5.41, 5.74) is 0. The summed E-state index contributed by atoms with van der Waals surface area (Å²) in [4.78, 5) is 10.9. The summed E-state index contributed by atoms with van der Waals surface area (Å²) >= 11 is 0. The Kier molecular flexibility index (Phi) is 2.84. The molecule has 0 aliphatic carbocycles.